The van der Waals surface area contributed by atoms with Crippen LogP contribution in [-0.2, 0) is 6.54 Å². The van der Waals surface area contributed by atoms with Crippen LogP contribution in [0.5, 0.6) is 0 Å². The van der Waals surface area contributed by atoms with Crippen molar-refractivity contribution in [2.75, 3.05) is 5.32 Å². The quantitative estimate of drug-likeness (QED) is 0.925. The molecule has 0 atom stereocenters. The highest BCUT2D eigenvalue weighted by molar-refractivity contribution is 7.16. The van der Waals surface area contributed by atoms with Gasteiger partial charge in [0.25, 0.3) is 0 Å². The van der Waals surface area contributed by atoms with E-state index < -0.39 is 0 Å². The van der Waals surface area contributed by atoms with E-state index in [1.807, 2.05) is 12.1 Å². The first-order valence-electron chi connectivity index (χ1n) is 4.32. The molecule has 0 bridgehead atoms. The fourth-order valence-corrected chi connectivity index (χ4v) is 2.44. The normalized spacial score (nSPS) is 10.4. The van der Waals surface area contributed by atoms with Crippen LogP contribution in [-0.4, -0.2) is 10.2 Å². The van der Waals surface area contributed by atoms with E-state index >= 15 is 0 Å². The first kappa shape index (κ1) is 11.9. The standard InChI is InChI=1S/C9H6Cl3N3S/c10-7-3-6(9(12)15-14-7)13-4-5-1-2-8(11)16-5/h1-3H,4H2,(H,13,14). The third kappa shape index (κ3) is 2.98. The zero-order chi connectivity index (χ0) is 11.5. The molecule has 0 saturated heterocycles. The van der Waals surface area contributed by atoms with Crippen molar-refractivity contribution in [3.05, 3.63) is 37.7 Å². The largest absolute Gasteiger partial charge is 0.378 e. The molecule has 0 aliphatic carbocycles. The van der Waals surface area contributed by atoms with Gasteiger partial charge in [-0.2, -0.15) is 0 Å². The van der Waals surface area contributed by atoms with E-state index in [-0.39, 0.29) is 0 Å². The number of rotatable bonds is 3. The molecule has 0 aliphatic rings. The predicted molar refractivity (Wildman–Crippen MR) is 68.7 cm³/mol. The van der Waals surface area contributed by atoms with Crippen molar-refractivity contribution in [1.29, 1.82) is 0 Å². The first-order chi connectivity index (χ1) is 7.65. The second-order valence-corrected chi connectivity index (χ2v) is 5.48. The van der Waals surface area contributed by atoms with Gasteiger partial charge in [0.1, 0.15) is 0 Å². The molecule has 7 heteroatoms. The Kier molecular flexibility index (Phi) is 3.86. The molecule has 16 heavy (non-hydrogen) atoms. The van der Waals surface area contributed by atoms with E-state index in [1.165, 1.54) is 11.3 Å². The molecule has 2 heterocycles. The highest BCUT2D eigenvalue weighted by Gasteiger charge is 2.04. The Morgan fingerprint density at radius 3 is 2.69 bits per heavy atom. The number of hydrogen-bond donors (Lipinski definition) is 1. The average molecular weight is 295 g/mol. The molecular formula is C9H6Cl3N3S. The lowest BCUT2D eigenvalue weighted by Gasteiger charge is -2.05. The van der Waals surface area contributed by atoms with E-state index in [0.717, 1.165) is 9.21 Å². The van der Waals surface area contributed by atoms with Crippen LogP contribution in [0.4, 0.5) is 5.69 Å². The lowest BCUT2D eigenvalue weighted by molar-refractivity contribution is 1.02. The molecule has 0 spiro atoms. The molecule has 1 N–H and O–H groups in total. The smallest absolute Gasteiger partial charge is 0.174 e. The zero-order valence-electron chi connectivity index (χ0n) is 7.88. The van der Waals surface area contributed by atoms with Gasteiger partial charge in [-0.15, -0.1) is 21.5 Å². The summed E-state index contributed by atoms with van der Waals surface area (Å²) in [5.74, 6) is 0. The third-order valence-corrected chi connectivity index (χ3v) is 3.50. The van der Waals surface area contributed by atoms with E-state index in [0.29, 0.717) is 22.5 Å². The van der Waals surface area contributed by atoms with Crippen molar-refractivity contribution < 1.29 is 0 Å². The van der Waals surface area contributed by atoms with Gasteiger partial charge in [-0.05, 0) is 12.1 Å². The average Bonchev–Trinajstić information content (AvgIpc) is 2.66. The molecule has 84 valence electrons. The molecular weight excluding hydrogens is 289 g/mol. The Morgan fingerprint density at radius 2 is 2.00 bits per heavy atom. The van der Waals surface area contributed by atoms with Crippen LogP contribution in [0.25, 0.3) is 0 Å². The minimum absolute atomic E-state index is 0.298. The summed E-state index contributed by atoms with van der Waals surface area (Å²) in [5.41, 5.74) is 0.659. The van der Waals surface area contributed by atoms with Crippen LogP contribution >= 0.6 is 46.1 Å². The molecule has 3 nitrogen and oxygen atoms in total. The number of anilines is 1. The van der Waals surface area contributed by atoms with Gasteiger partial charge in [-0.25, -0.2) is 0 Å². The minimum Gasteiger partial charge on any atom is -0.378 e. The van der Waals surface area contributed by atoms with Crippen LogP contribution in [0.3, 0.4) is 0 Å². The lowest BCUT2D eigenvalue weighted by atomic mass is 10.4. The number of aromatic nitrogens is 2. The highest BCUT2D eigenvalue weighted by Crippen LogP contribution is 2.25. The lowest BCUT2D eigenvalue weighted by Crippen LogP contribution is -2.00. The summed E-state index contributed by atoms with van der Waals surface area (Å²) in [6.07, 6.45) is 0. The number of hydrogen-bond acceptors (Lipinski definition) is 4. The van der Waals surface area contributed by atoms with Gasteiger partial charge in [-0.1, -0.05) is 34.8 Å². The summed E-state index contributed by atoms with van der Waals surface area (Å²) in [4.78, 5) is 1.11. The maximum absolute atomic E-state index is 5.85. The predicted octanol–water partition coefficient (Wildman–Crippen LogP) is 4.11. The molecule has 0 amide bonds. The number of nitrogens with one attached hydrogen (secondary N) is 1. The highest BCUT2D eigenvalue weighted by atomic mass is 35.5. The summed E-state index contributed by atoms with van der Waals surface area (Å²) in [6, 6.07) is 5.43. The van der Waals surface area contributed by atoms with Crippen molar-refractivity contribution in [3.63, 3.8) is 0 Å². The SMILES string of the molecule is Clc1cc(NCc2ccc(Cl)s2)c(Cl)nn1. The first-order valence-corrected chi connectivity index (χ1v) is 6.27. The molecule has 0 fully saturated rings. The second kappa shape index (κ2) is 5.19. The molecule has 0 saturated carbocycles. The Balaban J connectivity index is 2.07. The van der Waals surface area contributed by atoms with Gasteiger partial charge in [0.2, 0.25) is 0 Å². The molecule has 0 radical (unpaired) electrons. The van der Waals surface area contributed by atoms with Crippen LogP contribution in [0, 0.1) is 0 Å². The Labute approximate surface area is 111 Å². The van der Waals surface area contributed by atoms with Gasteiger partial charge in [0, 0.05) is 17.5 Å². The van der Waals surface area contributed by atoms with Gasteiger partial charge in [0.15, 0.2) is 10.3 Å². The summed E-state index contributed by atoms with van der Waals surface area (Å²) in [7, 11) is 0. The summed E-state index contributed by atoms with van der Waals surface area (Å²) in [5, 5.41) is 11.0. The van der Waals surface area contributed by atoms with Crippen LogP contribution in [0.1, 0.15) is 4.88 Å². The Hall–Kier alpha value is -0.550. The second-order valence-electron chi connectivity index (χ2n) is 2.93. The van der Waals surface area contributed by atoms with E-state index in [4.69, 9.17) is 34.8 Å². The fourth-order valence-electron chi connectivity index (χ4n) is 1.11. The molecule has 0 aromatic carbocycles. The fraction of sp³-hybridized carbons (Fsp3) is 0.111. The van der Waals surface area contributed by atoms with Gasteiger partial charge in [0.05, 0.1) is 10.0 Å². The van der Waals surface area contributed by atoms with Gasteiger partial charge in [-0.3, -0.25) is 0 Å². The summed E-state index contributed by atoms with van der Waals surface area (Å²) < 4.78 is 0.758. The van der Waals surface area contributed by atoms with Crippen molar-refractivity contribution >= 4 is 51.8 Å². The zero-order valence-corrected chi connectivity index (χ0v) is 11.0. The number of nitrogens with zero attached hydrogens (tertiary/aromatic N) is 2. The number of thiophene rings is 1. The maximum atomic E-state index is 5.85. The van der Waals surface area contributed by atoms with Gasteiger partial charge < -0.3 is 5.32 Å². The Bertz CT molecular complexity index is 500. The third-order valence-electron chi connectivity index (χ3n) is 1.80. The van der Waals surface area contributed by atoms with Crippen molar-refractivity contribution in [1.82, 2.24) is 10.2 Å². The van der Waals surface area contributed by atoms with Crippen molar-refractivity contribution in [2.45, 2.75) is 6.54 Å². The topological polar surface area (TPSA) is 37.8 Å². The maximum Gasteiger partial charge on any atom is 0.174 e. The molecule has 2 aromatic rings. The molecule has 2 aromatic heterocycles. The molecule has 2 rings (SSSR count). The molecule has 0 unspecified atom stereocenters. The van der Waals surface area contributed by atoms with E-state index in [9.17, 15) is 0 Å². The number of halogens is 3. The minimum atomic E-state index is 0.298. The Morgan fingerprint density at radius 1 is 1.19 bits per heavy atom. The summed E-state index contributed by atoms with van der Waals surface area (Å²) >= 11 is 18.9. The van der Waals surface area contributed by atoms with E-state index in [2.05, 4.69) is 15.5 Å². The van der Waals surface area contributed by atoms with Crippen LogP contribution in [0.2, 0.25) is 14.6 Å². The van der Waals surface area contributed by atoms with Crippen molar-refractivity contribution in [3.8, 4) is 0 Å². The van der Waals surface area contributed by atoms with E-state index in [1.54, 1.807) is 6.07 Å². The monoisotopic (exact) mass is 293 g/mol. The van der Waals surface area contributed by atoms with Gasteiger partial charge >= 0.3 is 0 Å². The van der Waals surface area contributed by atoms with Crippen LogP contribution in [0.15, 0.2) is 18.2 Å². The molecule has 0 aliphatic heterocycles. The van der Waals surface area contributed by atoms with Crippen molar-refractivity contribution in [2.24, 2.45) is 0 Å². The summed E-state index contributed by atoms with van der Waals surface area (Å²) in [6.45, 7) is 0.624. The van der Waals surface area contributed by atoms with Crippen LogP contribution < -0.4 is 5.32 Å².